The molecule has 1 heterocycles. The molecule has 0 spiro atoms. The third-order valence-electron chi connectivity index (χ3n) is 3.09. The van der Waals surface area contributed by atoms with Crippen LogP contribution in [0, 0.1) is 11.6 Å². The van der Waals surface area contributed by atoms with Crippen molar-refractivity contribution in [1.82, 2.24) is 4.98 Å². The van der Waals surface area contributed by atoms with Gasteiger partial charge in [-0.05, 0) is 32.0 Å². The molecule has 0 aliphatic carbocycles. The molecule has 7 heteroatoms. The van der Waals surface area contributed by atoms with Crippen molar-refractivity contribution in [1.29, 1.82) is 0 Å². The first-order valence-electron chi connectivity index (χ1n) is 7.04. The highest BCUT2D eigenvalue weighted by Gasteiger charge is 2.22. The Kier molecular flexibility index (Phi) is 5.50. The molecule has 0 saturated carbocycles. The van der Waals surface area contributed by atoms with Gasteiger partial charge in [0, 0.05) is 24.4 Å². The second-order valence-electron chi connectivity index (χ2n) is 4.56. The third-order valence-corrected chi connectivity index (χ3v) is 3.40. The number of ether oxygens (including phenoxy) is 1. The Morgan fingerprint density at radius 3 is 2.57 bits per heavy atom. The number of nitrogens with zero attached hydrogens (tertiary/aromatic N) is 2. The summed E-state index contributed by atoms with van der Waals surface area (Å²) in [5, 5.41) is 0.152. The monoisotopic (exact) mass is 340 g/mol. The number of carbonyl (C=O) groups is 1. The van der Waals surface area contributed by atoms with Gasteiger partial charge in [-0.25, -0.2) is 13.8 Å². The van der Waals surface area contributed by atoms with Crippen LogP contribution in [-0.2, 0) is 0 Å². The van der Waals surface area contributed by atoms with Crippen LogP contribution in [0.1, 0.15) is 24.3 Å². The predicted molar refractivity (Wildman–Crippen MR) is 84.1 cm³/mol. The maximum atomic E-state index is 13.4. The smallest absolute Gasteiger partial charge is 0.278 e. The number of halogens is 3. The molecule has 4 nitrogen and oxygen atoms in total. The Hall–Kier alpha value is -2.21. The van der Waals surface area contributed by atoms with E-state index >= 15 is 0 Å². The van der Waals surface area contributed by atoms with Gasteiger partial charge in [0.2, 0.25) is 5.88 Å². The van der Waals surface area contributed by atoms with E-state index in [0.717, 1.165) is 12.1 Å². The van der Waals surface area contributed by atoms with Crippen molar-refractivity contribution in [2.45, 2.75) is 13.8 Å². The number of anilines is 1. The highest BCUT2D eigenvalue weighted by Crippen LogP contribution is 2.24. The SMILES string of the molecule is CCOc1ccc(Cl)c(C(=O)N(CC)c2ccc(F)c(F)c2)n1. The maximum Gasteiger partial charge on any atom is 0.278 e. The van der Waals surface area contributed by atoms with E-state index in [1.807, 2.05) is 0 Å². The van der Waals surface area contributed by atoms with Crippen LogP contribution < -0.4 is 9.64 Å². The van der Waals surface area contributed by atoms with E-state index in [2.05, 4.69) is 4.98 Å². The Labute approximate surface area is 137 Å². The van der Waals surface area contributed by atoms with E-state index in [1.165, 1.54) is 17.0 Å². The zero-order valence-corrected chi connectivity index (χ0v) is 13.4. The third kappa shape index (κ3) is 3.76. The zero-order valence-electron chi connectivity index (χ0n) is 12.6. The first-order valence-corrected chi connectivity index (χ1v) is 7.42. The number of rotatable bonds is 5. The van der Waals surface area contributed by atoms with Crippen LogP contribution in [0.15, 0.2) is 30.3 Å². The fourth-order valence-electron chi connectivity index (χ4n) is 2.03. The highest BCUT2D eigenvalue weighted by atomic mass is 35.5. The van der Waals surface area contributed by atoms with E-state index in [9.17, 15) is 13.6 Å². The molecule has 0 N–H and O–H groups in total. The molecule has 2 rings (SSSR count). The molecule has 0 fully saturated rings. The molecular weight excluding hydrogens is 326 g/mol. The van der Waals surface area contributed by atoms with E-state index in [-0.39, 0.29) is 28.8 Å². The summed E-state index contributed by atoms with van der Waals surface area (Å²) in [6.45, 7) is 4.13. The van der Waals surface area contributed by atoms with E-state index in [1.54, 1.807) is 19.9 Å². The lowest BCUT2D eigenvalue weighted by atomic mass is 10.2. The molecule has 0 aliphatic rings. The summed E-state index contributed by atoms with van der Waals surface area (Å²) in [5.41, 5.74) is 0.209. The fourth-order valence-corrected chi connectivity index (χ4v) is 2.21. The second-order valence-corrected chi connectivity index (χ2v) is 4.97. The summed E-state index contributed by atoms with van der Waals surface area (Å²) in [5.74, 6) is -2.27. The summed E-state index contributed by atoms with van der Waals surface area (Å²) in [4.78, 5) is 18.0. The van der Waals surface area contributed by atoms with Crippen molar-refractivity contribution in [3.05, 3.63) is 52.7 Å². The summed E-state index contributed by atoms with van der Waals surface area (Å²) < 4.78 is 31.7. The maximum absolute atomic E-state index is 13.4. The predicted octanol–water partition coefficient (Wildman–Crippen LogP) is 4.08. The number of carbonyl (C=O) groups excluding carboxylic acids is 1. The number of pyridine rings is 1. The van der Waals surface area contributed by atoms with Gasteiger partial charge in [0.25, 0.3) is 5.91 Å². The van der Waals surface area contributed by atoms with Crippen LogP contribution in [0.4, 0.5) is 14.5 Å². The molecule has 0 atom stereocenters. The van der Waals surface area contributed by atoms with Gasteiger partial charge in [-0.15, -0.1) is 0 Å². The molecule has 0 radical (unpaired) electrons. The quantitative estimate of drug-likeness (QED) is 0.823. The molecule has 1 amide bonds. The molecule has 0 bridgehead atoms. The Bertz CT molecular complexity index is 725. The number of benzene rings is 1. The van der Waals surface area contributed by atoms with Crippen LogP contribution in [-0.4, -0.2) is 24.0 Å². The molecule has 23 heavy (non-hydrogen) atoms. The summed E-state index contributed by atoms with van der Waals surface area (Å²) in [6, 6.07) is 6.30. The molecule has 0 saturated heterocycles. The van der Waals surface area contributed by atoms with Crippen LogP contribution in [0.25, 0.3) is 0 Å². The zero-order chi connectivity index (χ0) is 17.0. The van der Waals surface area contributed by atoms with Crippen molar-refractivity contribution in [2.75, 3.05) is 18.1 Å². The molecule has 0 unspecified atom stereocenters. The average molecular weight is 341 g/mol. The van der Waals surface area contributed by atoms with E-state index in [4.69, 9.17) is 16.3 Å². The van der Waals surface area contributed by atoms with Gasteiger partial charge in [0.1, 0.15) is 0 Å². The lowest BCUT2D eigenvalue weighted by Crippen LogP contribution is -2.31. The van der Waals surface area contributed by atoms with Crippen LogP contribution in [0.3, 0.4) is 0 Å². The summed E-state index contributed by atoms with van der Waals surface area (Å²) in [7, 11) is 0. The summed E-state index contributed by atoms with van der Waals surface area (Å²) >= 11 is 6.04. The molecule has 122 valence electrons. The minimum Gasteiger partial charge on any atom is -0.478 e. The van der Waals surface area contributed by atoms with Gasteiger partial charge in [-0.3, -0.25) is 4.79 Å². The number of hydrogen-bond acceptors (Lipinski definition) is 3. The second kappa shape index (κ2) is 7.37. The Balaban J connectivity index is 2.39. The lowest BCUT2D eigenvalue weighted by Gasteiger charge is -2.21. The van der Waals surface area contributed by atoms with Gasteiger partial charge in [0.05, 0.1) is 11.6 Å². The van der Waals surface area contributed by atoms with Crippen LogP contribution in [0.2, 0.25) is 5.02 Å². The molecular formula is C16H15ClF2N2O2. The molecule has 1 aromatic carbocycles. The fraction of sp³-hybridized carbons (Fsp3) is 0.250. The average Bonchev–Trinajstić information content (AvgIpc) is 2.53. The van der Waals surface area contributed by atoms with Gasteiger partial charge in [0.15, 0.2) is 17.3 Å². The topological polar surface area (TPSA) is 42.4 Å². The van der Waals surface area contributed by atoms with Gasteiger partial charge < -0.3 is 9.64 Å². The van der Waals surface area contributed by atoms with Gasteiger partial charge >= 0.3 is 0 Å². The van der Waals surface area contributed by atoms with E-state index < -0.39 is 17.5 Å². The number of amides is 1. The van der Waals surface area contributed by atoms with Crippen LogP contribution >= 0.6 is 11.6 Å². The first kappa shape index (κ1) is 17.1. The Morgan fingerprint density at radius 1 is 1.22 bits per heavy atom. The minimum atomic E-state index is -1.03. The van der Waals surface area contributed by atoms with Gasteiger partial charge in [-0.2, -0.15) is 0 Å². The lowest BCUT2D eigenvalue weighted by molar-refractivity contribution is 0.0982. The van der Waals surface area contributed by atoms with Crippen molar-refractivity contribution >= 4 is 23.2 Å². The van der Waals surface area contributed by atoms with Crippen molar-refractivity contribution in [3.63, 3.8) is 0 Å². The van der Waals surface area contributed by atoms with Crippen molar-refractivity contribution < 1.29 is 18.3 Å². The molecule has 0 aliphatic heterocycles. The summed E-state index contributed by atoms with van der Waals surface area (Å²) in [6.07, 6.45) is 0. The number of hydrogen-bond donors (Lipinski definition) is 0. The Morgan fingerprint density at radius 2 is 1.96 bits per heavy atom. The largest absolute Gasteiger partial charge is 0.478 e. The van der Waals surface area contributed by atoms with Crippen LogP contribution in [0.5, 0.6) is 5.88 Å². The standard InChI is InChI=1S/C16H15ClF2N2O2/c1-3-21(10-5-7-12(18)13(19)9-10)16(22)15-11(17)6-8-14(20-15)23-4-2/h5-9H,3-4H2,1-2H3. The number of aromatic nitrogens is 1. The van der Waals surface area contributed by atoms with Crippen molar-refractivity contribution in [3.8, 4) is 5.88 Å². The minimum absolute atomic E-state index is 0.0100. The van der Waals surface area contributed by atoms with Crippen molar-refractivity contribution in [2.24, 2.45) is 0 Å². The first-order chi connectivity index (χ1) is 11.0. The highest BCUT2D eigenvalue weighted by molar-refractivity contribution is 6.34. The van der Waals surface area contributed by atoms with E-state index in [0.29, 0.717) is 6.61 Å². The normalized spacial score (nSPS) is 10.5. The van der Waals surface area contributed by atoms with Gasteiger partial charge in [-0.1, -0.05) is 11.6 Å². The molecule has 2 aromatic rings. The molecule has 1 aromatic heterocycles.